The van der Waals surface area contributed by atoms with E-state index in [4.69, 9.17) is 5.11 Å². The highest BCUT2D eigenvalue weighted by molar-refractivity contribution is 5.69. The quantitative estimate of drug-likeness (QED) is 0.535. The van der Waals surface area contributed by atoms with Crippen LogP contribution in [0.25, 0.3) is 0 Å². The summed E-state index contributed by atoms with van der Waals surface area (Å²) in [5, 5.41) is 8.85. The molecule has 1 N–H and O–H groups in total. The third kappa shape index (κ3) is 1.13. The Morgan fingerprint density at radius 1 is 1.89 bits per heavy atom. The Balaban J connectivity index is 2.49. The summed E-state index contributed by atoms with van der Waals surface area (Å²) in [5.41, 5.74) is 0. The van der Waals surface area contributed by atoms with Gasteiger partial charge in [-0.25, -0.2) is 4.79 Å². The summed E-state index contributed by atoms with van der Waals surface area (Å²) in [7, 11) is 0. The van der Waals surface area contributed by atoms with Crippen LogP contribution in [0.3, 0.4) is 0 Å². The monoisotopic (exact) mass is 131 g/mol. The first-order chi connectivity index (χ1) is 4.22. The van der Waals surface area contributed by atoms with E-state index in [1.165, 1.54) is 11.8 Å². The maximum absolute atomic E-state index is 10.6. The van der Waals surface area contributed by atoms with Crippen molar-refractivity contribution in [3.8, 4) is 0 Å². The maximum atomic E-state index is 10.6. The number of aliphatic hydroxyl groups is 1. The molecule has 0 spiro atoms. The largest absolute Gasteiger partial charge is 0.447 e. The normalized spacial score (nSPS) is 22.0. The van der Waals surface area contributed by atoms with Crippen molar-refractivity contribution in [3.63, 3.8) is 0 Å². The molecule has 0 aliphatic carbocycles. The Labute approximate surface area is 53.0 Å². The lowest BCUT2D eigenvalue weighted by molar-refractivity contribution is 0.0519. The lowest BCUT2D eigenvalue weighted by atomic mass is 10.5. The predicted molar refractivity (Wildman–Crippen MR) is 29.7 cm³/mol. The standard InChI is InChI=1S/C5H9NO3/c1-4(7)6-2-3-9-5(6)8/h4,7H,2-3H2,1H3/t4-/m1/s1. The SMILES string of the molecule is C[C@@H](O)N1CCOC1=O. The highest BCUT2D eigenvalue weighted by atomic mass is 16.6. The molecule has 1 aliphatic heterocycles. The van der Waals surface area contributed by atoms with Crippen molar-refractivity contribution in [2.24, 2.45) is 0 Å². The second-order valence-electron chi connectivity index (χ2n) is 1.94. The van der Waals surface area contributed by atoms with Gasteiger partial charge in [-0.2, -0.15) is 0 Å². The summed E-state index contributed by atoms with van der Waals surface area (Å²) in [4.78, 5) is 11.8. The van der Waals surface area contributed by atoms with Gasteiger partial charge in [0.25, 0.3) is 0 Å². The number of carbonyl (C=O) groups is 1. The second kappa shape index (κ2) is 2.23. The van der Waals surface area contributed by atoms with Crippen molar-refractivity contribution in [2.45, 2.75) is 13.2 Å². The number of hydrogen-bond acceptors (Lipinski definition) is 3. The van der Waals surface area contributed by atoms with Gasteiger partial charge in [0.1, 0.15) is 12.8 Å². The molecular formula is C5H9NO3. The number of ether oxygens (including phenoxy) is 1. The van der Waals surface area contributed by atoms with E-state index < -0.39 is 12.3 Å². The van der Waals surface area contributed by atoms with E-state index in [1.54, 1.807) is 0 Å². The third-order valence-electron chi connectivity index (χ3n) is 1.24. The van der Waals surface area contributed by atoms with E-state index in [0.29, 0.717) is 13.2 Å². The second-order valence-corrected chi connectivity index (χ2v) is 1.94. The molecule has 0 saturated carbocycles. The van der Waals surface area contributed by atoms with Gasteiger partial charge in [0, 0.05) is 0 Å². The summed E-state index contributed by atoms with van der Waals surface area (Å²) in [5.74, 6) is 0. The highest BCUT2D eigenvalue weighted by Gasteiger charge is 2.24. The van der Waals surface area contributed by atoms with Crippen LogP contribution in [0.4, 0.5) is 4.79 Å². The van der Waals surface area contributed by atoms with E-state index in [0.717, 1.165) is 0 Å². The molecule has 1 aliphatic rings. The van der Waals surface area contributed by atoms with Gasteiger partial charge in [-0.05, 0) is 6.92 Å². The molecule has 0 aromatic heterocycles. The average molecular weight is 131 g/mol. The molecule has 0 unspecified atom stereocenters. The van der Waals surface area contributed by atoms with Gasteiger partial charge in [0.15, 0.2) is 0 Å². The first kappa shape index (κ1) is 6.35. The van der Waals surface area contributed by atoms with Gasteiger partial charge in [0.05, 0.1) is 6.54 Å². The molecular weight excluding hydrogens is 122 g/mol. The smallest absolute Gasteiger partial charge is 0.411 e. The molecule has 52 valence electrons. The van der Waals surface area contributed by atoms with Gasteiger partial charge in [-0.1, -0.05) is 0 Å². The summed E-state index contributed by atoms with van der Waals surface area (Å²) in [6.07, 6.45) is -1.15. The van der Waals surface area contributed by atoms with Gasteiger partial charge in [-0.3, -0.25) is 4.90 Å². The summed E-state index contributed by atoms with van der Waals surface area (Å²) in [6, 6.07) is 0. The van der Waals surface area contributed by atoms with Crippen LogP contribution in [0.15, 0.2) is 0 Å². The number of cyclic esters (lactones) is 1. The minimum absolute atomic E-state index is 0.393. The van der Waals surface area contributed by atoms with Gasteiger partial charge in [0.2, 0.25) is 0 Å². The number of carbonyl (C=O) groups excluding carboxylic acids is 1. The van der Waals surface area contributed by atoms with Gasteiger partial charge < -0.3 is 9.84 Å². The average Bonchev–Trinajstić information content (AvgIpc) is 2.13. The first-order valence-corrected chi connectivity index (χ1v) is 2.83. The molecule has 1 amide bonds. The maximum Gasteiger partial charge on any atom is 0.411 e. The van der Waals surface area contributed by atoms with Crippen LogP contribution >= 0.6 is 0 Å². The predicted octanol–water partition coefficient (Wildman–Crippen LogP) is -0.223. The molecule has 4 heteroatoms. The molecule has 1 atom stereocenters. The number of hydrogen-bond donors (Lipinski definition) is 1. The van der Waals surface area contributed by atoms with Crippen molar-refractivity contribution in [1.82, 2.24) is 4.90 Å². The topological polar surface area (TPSA) is 49.8 Å². The highest BCUT2D eigenvalue weighted by Crippen LogP contribution is 2.05. The molecule has 1 fully saturated rings. The van der Waals surface area contributed by atoms with Crippen LogP contribution < -0.4 is 0 Å². The Kier molecular flexibility index (Phi) is 1.57. The summed E-state index contributed by atoms with van der Waals surface area (Å²) < 4.78 is 4.55. The number of amides is 1. The van der Waals surface area contributed by atoms with E-state index in [9.17, 15) is 4.79 Å². The van der Waals surface area contributed by atoms with Crippen molar-refractivity contribution < 1.29 is 14.6 Å². The molecule has 9 heavy (non-hydrogen) atoms. The lowest BCUT2D eigenvalue weighted by Gasteiger charge is -2.14. The van der Waals surface area contributed by atoms with Crippen LogP contribution in [0, 0.1) is 0 Å². The van der Waals surface area contributed by atoms with Crippen molar-refractivity contribution in [1.29, 1.82) is 0 Å². The van der Waals surface area contributed by atoms with E-state index in [2.05, 4.69) is 4.74 Å². The fourth-order valence-corrected chi connectivity index (χ4v) is 0.745. The van der Waals surface area contributed by atoms with Crippen LogP contribution in [-0.4, -0.2) is 35.5 Å². The molecule has 1 heterocycles. The Bertz CT molecular complexity index is 123. The summed E-state index contributed by atoms with van der Waals surface area (Å²) in [6.45, 7) is 2.42. The van der Waals surface area contributed by atoms with Gasteiger partial charge >= 0.3 is 6.09 Å². The first-order valence-electron chi connectivity index (χ1n) is 2.83. The van der Waals surface area contributed by atoms with Gasteiger partial charge in [-0.15, -0.1) is 0 Å². The minimum atomic E-state index is -0.722. The minimum Gasteiger partial charge on any atom is -0.447 e. The van der Waals surface area contributed by atoms with Crippen molar-refractivity contribution in [3.05, 3.63) is 0 Å². The molecule has 0 aromatic carbocycles. The van der Waals surface area contributed by atoms with E-state index in [1.807, 2.05) is 0 Å². The van der Waals surface area contributed by atoms with E-state index >= 15 is 0 Å². The third-order valence-corrected chi connectivity index (χ3v) is 1.24. The zero-order valence-corrected chi connectivity index (χ0v) is 5.20. The zero-order chi connectivity index (χ0) is 6.85. The molecule has 0 radical (unpaired) electrons. The van der Waals surface area contributed by atoms with Crippen LogP contribution in [0.5, 0.6) is 0 Å². The number of rotatable bonds is 1. The fraction of sp³-hybridized carbons (Fsp3) is 0.800. The van der Waals surface area contributed by atoms with Crippen molar-refractivity contribution >= 4 is 6.09 Å². The Morgan fingerprint density at radius 3 is 2.78 bits per heavy atom. The molecule has 1 saturated heterocycles. The number of aliphatic hydroxyl groups excluding tert-OH is 1. The zero-order valence-electron chi connectivity index (χ0n) is 5.20. The molecule has 0 aromatic rings. The summed E-state index contributed by atoms with van der Waals surface area (Å²) >= 11 is 0. The lowest BCUT2D eigenvalue weighted by Crippen LogP contribution is -2.33. The molecule has 4 nitrogen and oxygen atoms in total. The van der Waals surface area contributed by atoms with Crippen LogP contribution in [0.1, 0.15) is 6.92 Å². The van der Waals surface area contributed by atoms with E-state index in [-0.39, 0.29) is 0 Å². The molecule has 1 rings (SSSR count). The number of nitrogens with zero attached hydrogens (tertiary/aromatic N) is 1. The van der Waals surface area contributed by atoms with Crippen LogP contribution in [0.2, 0.25) is 0 Å². The van der Waals surface area contributed by atoms with Crippen molar-refractivity contribution in [2.75, 3.05) is 13.2 Å². The molecule has 0 bridgehead atoms. The Hall–Kier alpha value is -0.770. The fourth-order valence-electron chi connectivity index (χ4n) is 0.745. The van der Waals surface area contributed by atoms with Crippen LogP contribution in [-0.2, 0) is 4.74 Å². The Morgan fingerprint density at radius 2 is 2.56 bits per heavy atom.